The molecule has 0 aliphatic heterocycles. The van der Waals surface area contributed by atoms with Crippen LogP contribution in [0.5, 0.6) is 11.6 Å². The zero-order valence-corrected chi connectivity index (χ0v) is 10.2. The second-order valence-corrected chi connectivity index (χ2v) is 3.97. The first-order valence-corrected chi connectivity index (χ1v) is 5.45. The van der Waals surface area contributed by atoms with Gasteiger partial charge in [0.25, 0.3) is 0 Å². The Balaban J connectivity index is 2.27. The van der Waals surface area contributed by atoms with Crippen LogP contribution in [0.15, 0.2) is 30.3 Å². The van der Waals surface area contributed by atoms with Crippen LogP contribution in [0.1, 0.15) is 16.1 Å². The molecule has 5 nitrogen and oxygen atoms in total. The van der Waals surface area contributed by atoms with Crippen LogP contribution in [0, 0.1) is 6.92 Å². The molecule has 2 aromatic rings. The van der Waals surface area contributed by atoms with E-state index in [0.717, 1.165) is 5.69 Å². The van der Waals surface area contributed by atoms with Crippen LogP contribution in [-0.2, 0) is 0 Å². The summed E-state index contributed by atoms with van der Waals surface area (Å²) in [5.41, 5.74) is 0.749. The lowest BCUT2D eigenvalue weighted by atomic mass is 10.2. The number of rotatable bonds is 3. The standard InChI is InChI=1S/C12H9ClN2O3/c1-7-2-5-11(15-14-7)18-8-3-4-10(13)9(6-8)12(16)17/h2-6H,1H3,(H,16,17). The van der Waals surface area contributed by atoms with E-state index >= 15 is 0 Å². The molecule has 0 bridgehead atoms. The van der Waals surface area contributed by atoms with E-state index < -0.39 is 5.97 Å². The van der Waals surface area contributed by atoms with Crippen LogP contribution in [0.3, 0.4) is 0 Å². The highest BCUT2D eigenvalue weighted by Crippen LogP contribution is 2.25. The van der Waals surface area contributed by atoms with Crippen LogP contribution in [0.2, 0.25) is 5.02 Å². The molecule has 92 valence electrons. The number of carboxylic acids is 1. The van der Waals surface area contributed by atoms with Crippen molar-refractivity contribution in [1.82, 2.24) is 10.2 Å². The van der Waals surface area contributed by atoms with Gasteiger partial charge in [-0.05, 0) is 31.2 Å². The minimum Gasteiger partial charge on any atom is -0.478 e. The van der Waals surface area contributed by atoms with Crippen LogP contribution < -0.4 is 4.74 Å². The molecule has 1 aromatic carbocycles. The Morgan fingerprint density at radius 1 is 1.28 bits per heavy atom. The number of carboxylic acid groups (broad SMARTS) is 1. The Morgan fingerprint density at radius 3 is 2.67 bits per heavy atom. The third kappa shape index (κ3) is 2.75. The third-order valence-electron chi connectivity index (χ3n) is 2.16. The van der Waals surface area contributed by atoms with Gasteiger partial charge in [0, 0.05) is 6.07 Å². The maximum Gasteiger partial charge on any atom is 0.337 e. The van der Waals surface area contributed by atoms with E-state index in [1.54, 1.807) is 18.2 Å². The Labute approximate surface area is 108 Å². The summed E-state index contributed by atoms with van der Waals surface area (Å²) in [6.45, 7) is 1.81. The summed E-state index contributed by atoms with van der Waals surface area (Å²) in [7, 11) is 0. The molecule has 0 amide bonds. The summed E-state index contributed by atoms with van der Waals surface area (Å²) in [6, 6.07) is 7.76. The molecule has 1 N–H and O–H groups in total. The van der Waals surface area contributed by atoms with Gasteiger partial charge in [-0.3, -0.25) is 0 Å². The Bertz CT molecular complexity index is 584. The number of hydrogen-bond donors (Lipinski definition) is 1. The molecular formula is C12H9ClN2O3. The largest absolute Gasteiger partial charge is 0.478 e. The van der Waals surface area contributed by atoms with Crippen molar-refractivity contribution in [1.29, 1.82) is 0 Å². The Kier molecular flexibility index (Phi) is 3.43. The molecule has 2 rings (SSSR count). The highest BCUT2D eigenvalue weighted by Gasteiger charge is 2.10. The second-order valence-electron chi connectivity index (χ2n) is 3.56. The SMILES string of the molecule is Cc1ccc(Oc2ccc(Cl)c(C(=O)O)c2)nn1. The summed E-state index contributed by atoms with van der Waals surface area (Å²) in [6.07, 6.45) is 0. The number of aryl methyl sites for hydroxylation is 1. The smallest absolute Gasteiger partial charge is 0.337 e. The number of ether oxygens (including phenoxy) is 1. The molecule has 0 saturated heterocycles. The molecule has 1 aromatic heterocycles. The van der Waals surface area contributed by atoms with Crippen molar-refractivity contribution in [3.05, 3.63) is 46.6 Å². The van der Waals surface area contributed by atoms with Crippen LogP contribution in [0.4, 0.5) is 0 Å². The lowest BCUT2D eigenvalue weighted by Gasteiger charge is -2.06. The van der Waals surface area contributed by atoms with Gasteiger partial charge >= 0.3 is 5.97 Å². The van der Waals surface area contributed by atoms with Crippen molar-refractivity contribution < 1.29 is 14.6 Å². The first kappa shape index (κ1) is 12.3. The second kappa shape index (κ2) is 5.01. The van der Waals surface area contributed by atoms with Gasteiger partial charge in [-0.2, -0.15) is 5.10 Å². The van der Waals surface area contributed by atoms with Crippen LogP contribution >= 0.6 is 11.6 Å². The van der Waals surface area contributed by atoms with Crippen molar-refractivity contribution >= 4 is 17.6 Å². The number of hydrogen-bond acceptors (Lipinski definition) is 4. The molecule has 0 aliphatic rings. The fourth-order valence-electron chi connectivity index (χ4n) is 1.29. The van der Waals surface area contributed by atoms with E-state index in [4.69, 9.17) is 21.4 Å². The Hall–Kier alpha value is -2.14. The number of aromatic nitrogens is 2. The fraction of sp³-hybridized carbons (Fsp3) is 0.0833. The predicted molar refractivity (Wildman–Crippen MR) is 65.3 cm³/mol. The third-order valence-corrected chi connectivity index (χ3v) is 2.49. The molecule has 0 radical (unpaired) electrons. The van der Waals surface area contributed by atoms with E-state index in [0.29, 0.717) is 11.6 Å². The van der Waals surface area contributed by atoms with Gasteiger partial charge < -0.3 is 9.84 Å². The highest BCUT2D eigenvalue weighted by atomic mass is 35.5. The maximum absolute atomic E-state index is 10.9. The normalized spacial score (nSPS) is 10.1. The van der Waals surface area contributed by atoms with E-state index in [1.165, 1.54) is 12.1 Å². The van der Waals surface area contributed by atoms with E-state index in [-0.39, 0.29) is 10.6 Å². The maximum atomic E-state index is 10.9. The lowest BCUT2D eigenvalue weighted by Crippen LogP contribution is -1.98. The zero-order valence-electron chi connectivity index (χ0n) is 9.42. The summed E-state index contributed by atoms with van der Waals surface area (Å²) in [5, 5.41) is 16.7. The molecule has 0 saturated carbocycles. The van der Waals surface area contributed by atoms with Gasteiger partial charge in [0.1, 0.15) is 5.75 Å². The van der Waals surface area contributed by atoms with Crippen molar-refractivity contribution in [2.24, 2.45) is 0 Å². The van der Waals surface area contributed by atoms with Crippen molar-refractivity contribution in [3.63, 3.8) is 0 Å². The number of benzene rings is 1. The molecule has 6 heteroatoms. The molecular weight excluding hydrogens is 256 g/mol. The number of aromatic carboxylic acids is 1. The highest BCUT2D eigenvalue weighted by molar-refractivity contribution is 6.33. The summed E-state index contributed by atoms with van der Waals surface area (Å²) in [5.74, 6) is -0.477. The van der Waals surface area contributed by atoms with E-state index in [9.17, 15) is 4.79 Å². The van der Waals surface area contributed by atoms with Crippen molar-refractivity contribution in [3.8, 4) is 11.6 Å². The monoisotopic (exact) mass is 264 g/mol. The fourth-order valence-corrected chi connectivity index (χ4v) is 1.49. The number of halogens is 1. The minimum absolute atomic E-state index is 0.0192. The zero-order chi connectivity index (χ0) is 13.1. The van der Waals surface area contributed by atoms with Gasteiger partial charge in [-0.1, -0.05) is 11.6 Å². The summed E-state index contributed by atoms with van der Waals surface area (Å²) >= 11 is 5.75. The average Bonchev–Trinajstić information content (AvgIpc) is 2.34. The van der Waals surface area contributed by atoms with Gasteiger partial charge in [0.05, 0.1) is 16.3 Å². The van der Waals surface area contributed by atoms with Crippen LogP contribution in [0.25, 0.3) is 0 Å². The Morgan fingerprint density at radius 2 is 2.06 bits per heavy atom. The molecule has 0 unspecified atom stereocenters. The van der Waals surface area contributed by atoms with Crippen molar-refractivity contribution in [2.45, 2.75) is 6.92 Å². The van der Waals surface area contributed by atoms with Gasteiger partial charge in [-0.15, -0.1) is 5.10 Å². The number of carbonyl (C=O) groups is 1. The van der Waals surface area contributed by atoms with Crippen molar-refractivity contribution in [2.75, 3.05) is 0 Å². The van der Waals surface area contributed by atoms with E-state index in [2.05, 4.69) is 10.2 Å². The predicted octanol–water partition coefficient (Wildman–Crippen LogP) is 2.93. The molecule has 0 atom stereocenters. The van der Waals surface area contributed by atoms with Crippen LogP contribution in [-0.4, -0.2) is 21.3 Å². The topological polar surface area (TPSA) is 72.3 Å². The molecule has 18 heavy (non-hydrogen) atoms. The van der Waals surface area contributed by atoms with E-state index in [1.807, 2.05) is 6.92 Å². The van der Waals surface area contributed by atoms with Gasteiger partial charge in [0.2, 0.25) is 5.88 Å². The summed E-state index contributed by atoms with van der Waals surface area (Å²) in [4.78, 5) is 10.9. The first-order chi connectivity index (χ1) is 8.56. The average molecular weight is 265 g/mol. The molecule has 0 fully saturated rings. The quantitative estimate of drug-likeness (QED) is 0.923. The molecule has 0 spiro atoms. The number of nitrogens with zero attached hydrogens (tertiary/aromatic N) is 2. The molecule has 0 aliphatic carbocycles. The molecule has 1 heterocycles. The first-order valence-electron chi connectivity index (χ1n) is 5.07. The summed E-state index contributed by atoms with van der Waals surface area (Å²) < 4.78 is 5.38. The lowest BCUT2D eigenvalue weighted by molar-refractivity contribution is 0.0696. The van der Waals surface area contributed by atoms with Gasteiger partial charge in [-0.25, -0.2) is 4.79 Å². The van der Waals surface area contributed by atoms with Gasteiger partial charge in [0.15, 0.2) is 0 Å². The minimum atomic E-state index is -1.11.